The van der Waals surface area contributed by atoms with Crippen LogP contribution >= 0.6 is 11.3 Å². The van der Waals surface area contributed by atoms with E-state index in [9.17, 15) is 23.1 Å². The Kier molecular flexibility index (Phi) is 16.0. The van der Waals surface area contributed by atoms with Crippen LogP contribution in [0.25, 0.3) is 42.9 Å². The van der Waals surface area contributed by atoms with Crippen molar-refractivity contribution in [3.8, 4) is 32.8 Å². The van der Waals surface area contributed by atoms with Crippen LogP contribution < -0.4 is 0 Å². The van der Waals surface area contributed by atoms with Crippen molar-refractivity contribution < 1.29 is 43.2 Å². The second-order valence-electron chi connectivity index (χ2n) is 14.7. The summed E-state index contributed by atoms with van der Waals surface area (Å²) < 4.78 is 41.0. The standard InChI is InChI=1S/C33H29F3NS.C13H24O2.Ir/c1-20-16-21(2)18-27(17-20)29-31-28(14-15-37-29)22(3)30(38-31)26-12-10-25(11-13-26)24-8-6-23(7-9-24)19-32(4,5)33(34,35)36;1-5-10(6-2)12(14)9-13(15)11(7-3)8-4;/h6-17H,19H2,1-5H3;9-11,14H,5-8H2,1-4H3;/q-1;;/b;12-9-;. The first-order valence-electron chi connectivity index (χ1n) is 18.6. The summed E-state index contributed by atoms with van der Waals surface area (Å²) in [6, 6.07) is 25.6. The number of aliphatic hydroxyl groups is 1. The smallest absolute Gasteiger partial charge is 0.394 e. The number of thiophene rings is 1. The predicted octanol–water partition coefficient (Wildman–Crippen LogP) is 14.0. The number of carbonyl (C=O) groups excluding carboxylic acids is 1. The number of ketones is 1. The number of fused-ring (bicyclic) bond motifs is 1. The van der Waals surface area contributed by atoms with Gasteiger partial charge in [-0.3, -0.25) is 4.79 Å². The second-order valence-corrected chi connectivity index (χ2v) is 15.7. The molecule has 1 N–H and O–H groups in total. The van der Waals surface area contributed by atoms with Gasteiger partial charge in [0.05, 0.1) is 11.2 Å². The first-order chi connectivity index (χ1) is 25.0. The molecule has 0 atom stereocenters. The van der Waals surface area contributed by atoms with E-state index < -0.39 is 11.6 Å². The Morgan fingerprint density at radius 3 is 1.89 bits per heavy atom. The van der Waals surface area contributed by atoms with Crippen LogP contribution in [0.15, 0.2) is 84.8 Å². The topological polar surface area (TPSA) is 50.2 Å². The van der Waals surface area contributed by atoms with Gasteiger partial charge < -0.3 is 10.1 Å². The summed E-state index contributed by atoms with van der Waals surface area (Å²) in [5.74, 6) is 0.547. The van der Waals surface area contributed by atoms with Gasteiger partial charge in [-0.1, -0.05) is 104 Å². The van der Waals surface area contributed by atoms with Crippen LogP contribution in [0.3, 0.4) is 0 Å². The molecule has 54 heavy (non-hydrogen) atoms. The zero-order chi connectivity index (χ0) is 39.1. The molecule has 3 aromatic carbocycles. The average molecular weight is 933 g/mol. The number of halogens is 3. The summed E-state index contributed by atoms with van der Waals surface area (Å²) in [5.41, 5.74) is 7.54. The van der Waals surface area contributed by atoms with Crippen LogP contribution in [0.4, 0.5) is 13.2 Å². The maximum Gasteiger partial charge on any atom is 0.394 e. The van der Waals surface area contributed by atoms with Crippen LogP contribution in [0.5, 0.6) is 0 Å². The zero-order valence-electron chi connectivity index (χ0n) is 32.9. The van der Waals surface area contributed by atoms with Gasteiger partial charge in [0, 0.05) is 59.5 Å². The van der Waals surface area contributed by atoms with Gasteiger partial charge in [0.2, 0.25) is 0 Å². The number of hydrogen-bond acceptors (Lipinski definition) is 4. The third kappa shape index (κ3) is 10.8. The Hall–Kier alpha value is -3.58. The van der Waals surface area contributed by atoms with E-state index in [1.165, 1.54) is 41.3 Å². The Morgan fingerprint density at radius 1 is 0.833 bits per heavy atom. The fraction of sp³-hybridized carbons (Fsp3) is 0.391. The van der Waals surface area contributed by atoms with Crippen LogP contribution in [0.2, 0.25) is 0 Å². The molecule has 8 heteroatoms. The molecular formula is C46H53F3IrNO2S-. The Morgan fingerprint density at radius 2 is 1.37 bits per heavy atom. The minimum Gasteiger partial charge on any atom is -0.512 e. The number of alkyl halides is 3. The number of carbonyl (C=O) groups is 1. The van der Waals surface area contributed by atoms with Crippen LogP contribution in [0, 0.1) is 44.1 Å². The number of aromatic nitrogens is 1. The van der Waals surface area contributed by atoms with Crippen molar-refractivity contribution in [2.75, 3.05) is 0 Å². The minimum atomic E-state index is -4.24. The minimum absolute atomic E-state index is 0. The molecule has 0 spiro atoms. The molecule has 2 heterocycles. The summed E-state index contributed by atoms with van der Waals surface area (Å²) in [5, 5.41) is 11.0. The number of hydrogen-bond donors (Lipinski definition) is 1. The Balaban J connectivity index is 0.000000418. The van der Waals surface area contributed by atoms with Gasteiger partial charge in [-0.15, -0.1) is 46.2 Å². The molecule has 0 bridgehead atoms. The van der Waals surface area contributed by atoms with Crippen LogP contribution in [0.1, 0.15) is 89.5 Å². The van der Waals surface area contributed by atoms with Crippen LogP contribution in [-0.2, 0) is 31.3 Å². The van der Waals surface area contributed by atoms with Crippen molar-refractivity contribution >= 4 is 27.2 Å². The van der Waals surface area contributed by atoms with Crippen molar-refractivity contribution in [1.82, 2.24) is 4.98 Å². The first kappa shape index (κ1) is 44.8. The zero-order valence-corrected chi connectivity index (χ0v) is 36.1. The van der Waals surface area contributed by atoms with Crippen molar-refractivity contribution in [2.24, 2.45) is 17.3 Å². The first-order valence-corrected chi connectivity index (χ1v) is 19.4. The number of aryl methyl sites for hydroxylation is 3. The molecule has 0 aliphatic rings. The summed E-state index contributed by atoms with van der Waals surface area (Å²) >= 11 is 1.75. The van der Waals surface area contributed by atoms with E-state index in [1.807, 2.05) is 46.0 Å². The molecule has 0 aliphatic carbocycles. The van der Waals surface area contributed by atoms with Crippen molar-refractivity contribution in [1.29, 1.82) is 0 Å². The third-order valence-electron chi connectivity index (χ3n) is 10.2. The maximum atomic E-state index is 13.3. The molecule has 0 fully saturated rings. The number of pyridine rings is 1. The molecule has 0 saturated heterocycles. The van der Waals surface area contributed by atoms with E-state index >= 15 is 0 Å². The average Bonchev–Trinajstić information content (AvgIpc) is 3.45. The summed E-state index contributed by atoms with van der Waals surface area (Å²) in [7, 11) is 0. The number of rotatable bonds is 12. The van der Waals surface area contributed by atoms with Crippen molar-refractivity contribution in [3.63, 3.8) is 0 Å². The largest absolute Gasteiger partial charge is 0.512 e. The van der Waals surface area contributed by atoms with Gasteiger partial charge in [-0.2, -0.15) is 13.2 Å². The maximum absolute atomic E-state index is 13.3. The fourth-order valence-corrected chi connectivity index (χ4v) is 7.97. The molecule has 5 rings (SSSR count). The van der Waals surface area contributed by atoms with E-state index in [2.05, 4.69) is 69.3 Å². The van der Waals surface area contributed by atoms with E-state index in [0.29, 0.717) is 5.56 Å². The van der Waals surface area contributed by atoms with Crippen LogP contribution in [-0.4, -0.2) is 22.1 Å². The van der Waals surface area contributed by atoms with E-state index in [-0.39, 0.29) is 49.9 Å². The summed E-state index contributed by atoms with van der Waals surface area (Å²) in [4.78, 5) is 17.6. The number of benzene rings is 3. The van der Waals surface area contributed by atoms with Gasteiger partial charge in [-0.05, 0) is 78.3 Å². The predicted molar refractivity (Wildman–Crippen MR) is 216 cm³/mol. The van der Waals surface area contributed by atoms with E-state index in [1.54, 1.807) is 23.5 Å². The molecule has 0 amide bonds. The molecular weight excluding hydrogens is 880 g/mol. The quantitative estimate of drug-likeness (QED) is 0.0770. The van der Waals surface area contributed by atoms with Gasteiger partial charge >= 0.3 is 6.18 Å². The third-order valence-corrected chi connectivity index (χ3v) is 11.5. The van der Waals surface area contributed by atoms with Crippen molar-refractivity contribution in [2.45, 2.75) is 101 Å². The number of allylic oxidation sites excluding steroid dienone is 2. The molecule has 1 radical (unpaired) electrons. The van der Waals surface area contributed by atoms with Gasteiger partial charge in [0.15, 0.2) is 5.78 Å². The number of nitrogens with zero attached hydrogens (tertiary/aromatic N) is 1. The molecule has 0 unspecified atom stereocenters. The SMILES string of the molecule is CCC(CC)C(=O)/C=C(\O)C(CC)CC.Cc1[c-]c(-c2nccc3c(C)c(-c4ccc(-c5ccc(CC(C)(C)C(F)(F)F)cc5)cc4)sc23)cc(C)c1.[Ir]. The molecule has 5 aromatic rings. The van der Waals surface area contributed by atoms with Gasteiger partial charge in [0.1, 0.15) is 0 Å². The molecule has 0 aliphatic heterocycles. The monoisotopic (exact) mass is 933 g/mol. The summed E-state index contributed by atoms with van der Waals surface area (Å²) in [6.45, 7) is 16.9. The molecule has 3 nitrogen and oxygen atoms in total. The van der Waals surface area contributed by atoms with Gasteiger partial charge in [0.25, 0.3) is 0 Å². The van der Waals surface area contributed by atoms with E-state index in [4.69, 9.17) is 4.98 Å². The Bertz CT molecular complexity index is 2000. The number of aliphatic hydroxyl groups excluding tert-OH is 1. The summed E-state index contributed by atoms with van der Waals surface area (Å²) in [6.07, 6.45) is 2.50. The molecule has 2 aromatic heterocycles. The fourth-order valence-electron chi connectivity index (χ4n) is 6.66. The van der Waals surface area contributed by atoms with Gasteiger partial charge in [-0.25, -0.2) is 0 Å². The Labute approximate surface area is 337 Å². The normalized spacial score (nSPS) is 12.1. The molecule has 291 valence electrons. The molecule has 0 saturated carbocycles. The second kappa shape index (κ2) is 19.3. The van der Waals surface area contributed by atoms with Crippen molar-refractivity contribution in [3.05, 3.63) is 113 Å². The van der Waals surface area contributed by atoms with E-state index in [0.717, 1.165) is 63.9 Å².